The predicted octanol–water partition coefficient (Wildman–Crippen LogP) is 4.42. The van der Waals surface area contributed by atoms with E-state index < -0.39 is 5.60 Å². The van der Waals surface area contributed by atoms with Gasteiger partial charge in [0.2, 0.25) is 0 Å². The SMILES string of the molecule is Cc1ccccc1/C(NCc1cccc(C(=O)OC(C)(C)C)c1)=C1\CN(C)CC1=N. The van der Waals surface area contributed by atoms with E-state index in [4.69, 9.17) is 10.1 Å². The molecule has 5 nitrogen and oxygen atoms in total. The van der Waals surface area contributed by atoms with Crippen molar-refractivity contribution in [2.45, 2.75) is 39.8 Å². The second kappa shape index (κ2) is 8.84. The second-order valence-corrected chi connectivity index (χ2v) is 8.88. The van der Waals surface area contributed by atoms with Crippen molar-refractivity contribution in [3.8, 4) is 0 Å². The topological polar surface area (TPSA) is 65.4 Å². The van der Waals surface area contributed by atoms with Gasteiger partial charge in [-0.25, -0.2) is 4.79 Å². The first-order valence-electron chi connectivity index (χ1n) is 10.3. The van der Waals surface area contributed by atoms with E-state index in [2.05, 4.69) is 29.3 Å². The van der Waals surface area contributed by atoms with Gasteiger partial charge in [-0.05, 0) is 58.0 Å². The van der Waals surface area contributed by atoms with Crippen LogP contribution in [-0.4, -0.2) is 42.3 Å². The summed E-state index contributed by atoms with van der Waals surface area (Å²) in [6.07, 6.45) is 0. The Morgan fingerprint density at radius 2 is 1.87 bits per heavy atom. The lowest BCUT2D eigenvalue weighted by Crippen LogP contribution is -2.24. The number of carbonyl (C=O) groups is 1. The fraction of sp³-hybridized carbons (Fsp3) is 0.360. The summed E-state index contributed by atoms with van der Waals surface area (Å²) in [4.78, 5) is 14.6. The summed E-state index contributed by atoms with van der Waals surface area (Å²) in [5.74, 6) is -0.318. The van der Waals surface area contributed by atoms with Gasteiger partial charge in [0.05, 0.1) is 11.3 Å². The first-order chi connectivity index (χ1) is 14.1. The molecule has 2 N–H and O–H groups in total. The molecule has 0 bridgehead atoms. The lowest BCUT2D eigenvalue weighted by atomic mass is 9.99. The standard InChI is InChI=1S/C25H31N3O2/c1-17-9-6-7-12-20(17)23(21-15-28(5)16-22(21)26)27-14-18-10-8-11-19(13-18)24(29)30-25(2,3)4/h6-13,26-27H,14-16H2,1-5H3/b23-21-,26-22?. The first kappa shape index (κ1) is 21.8. The number of aryl methyl sites for hydroxylation is 1. The molecule has 158 valence electrons. The number of nitrogens with zero attached hydrogens (tertiary/aromatic N) is 1. The molecule has 0 radical (unpaired) electrons. The van der Waals surface area contributed by atoms with Crippen LogP contribution in [0.2, 0.25) is 0 Å². The third-order valence-corrected chi connectivity index (χ3v) is 4.97. The van der Waals surface area contributed by atoms with Crippen LogP contribution < -0.4 is 5.32 Å². The van der Waals surface area contributed by atoms with E-state index in [1.165, 1.54) is 0 Å². The van der Waals surface area contributed by atoms with Crippen LogP contribution >= 0.6 is 0 Å². The summed E-state index contributed by atoms with van der Waals surface area (Å²) in [5, 5.41) is 12.0. The number of nitrogens with one attached hydrogen (secondary N) is 2. The molecule has 1 saturated heterocycles. The molecule has 5 heteroatoms. The number of ether oxygens (including phenoxy) is 1. The number of hydrogen-bond donors (Lipinski definition) is 2. The van der Waals surface area contributed by atoms with E-state index in [1.54, 1.807) is 6.07 Å². The molecule has 1 heterocycles. The highest BCUT2D eigenvalue weighted by Gasteiger charge is 2.24. The van der Waals surface area contributed by atoms with Crippen molar-refractivity contribution < 1.29 is 9.53 Å². The summed E-state index contributed by atoms with van der Waals surface area (Å²) in [7, 11) is 2.03. The van der Waals surface area contributed by atoms with Gasteiger partial charge in [-0.2, -0.15) is 0 Å². The van der Waals surface area contributed by atoms with E-state index in [-0.39, 0.29) is 5.97 Å². The fourth-order valence-electron chi connectivity index (χ4n) is 3.57. The minimum Gasteiger partial charge on any atom is -0.456 e. The number of likely N-dealkylation sites (tertiary alicyclic amines) is 1. The van der Waals surface area contributed by atoms with Crippen LogP contribution in [-0.2, 0) is 11.3 Å². The average molecular weight is 406 g/mol. The molecular weight excluding hydrogens is 374 g/mol. The molecule has 1 aliphatic heterocycles. The Balaban J connectivity index is 1.87. The summed E-state index contributed by atoms with van der Waals surface area (Å²) < 4.78 is 5.49. The number of benzene rings is 2. The molecular formula is C25H31N3O2. The van der Waals surface area contributed by atoms with Gasteiger partial charge in [0, 0.05) is 36.5 Å². The van der Waals surface area contributed by atoms with Crippen LogP contribution in [0.25, 0.3) is 5.70 Å². The minimum atomic E-state index is -0.525. The quantitative estimate of drug-likeness (QED) is 0.723. The van der Waals surface area contributed by atoms with Gasteiger partial charge in [0.25, 0.3) is 0 Å². The summed E-state index contributed by atoms with van der Waals surface area (Å²) in [6.45, 7) is 9.64. The molecule has 1 aliphatic rings. The van der Waals surface area contributed by atoms with Crippen LogP contribution in [0.3, 0.4) is 0 Å². The molecule has 0 aromatic heterocycles. The molecule has 3 rings (SSSR count). The lowest BCUT2D eigenvalue weighted by molar-refractivity contribution is 0.00694. The van der Waals surface area contributed by atoms with E-state index >= 15 is 0 Å². The van der Waals surface area contributed by atoms with Crippen LogP contribution in [0.1, 0.15) is 47.8 Å². The maximum absolute atomic E-state index is 12.4. The molecule has 2 aromatic rings. The Labute approximate surface area is 179 Å². The molecule has 0 spiro atoms. The minimum absolute atomic E-state index is 0.318. The fourth-order valence-corrected chi connectivity index (χ4v) is 3.57. The largest absolute Gasteiger partial charge is 0.456 e. The Morgan fingerprint density at radius 1 is 1.13 bits per heavy atom. The van der Waals surface area contributed by atoms with Crippen LogP contribution in [0.5, 0.6) is 0 Å². The third-order valence-electron chi connectivity index (χ3n) is 4.97. The summed E-state index contributed by atoms with van der Waals surface area (Å²) in [5.41, 5.74) is 5.94. The maximum atomic E-state index is 12.4. The average Bonchev–Trinajstić information content (AvgIpc) is 3.00. The predicted molar refractivity (Wildman–Crippen MR) is 122 cm³/mol. The highest BCUT2D eigenvalue weighted by molar-refractivity contribution is 6.07. The van der Waals surface area contributed by atoms with Crippen molar-refractivity contribution in [3.05, 3.63) is 76.4 Å². The van der Waals surface area contributed by atoms with Crippen molar-refractivity contribution in [1.82, 2.24) is 10.2 Å². The number of likely N-dealkylation sites (N-methyl/N-ethyl adjacent to an activating group) is 1. The zero-order valence-electron chi connectivity index (χ0n) is 18.5. The second-order valence-electron chi connectivity index (χ2n) is 8.88. The normalized spacial score (nSPS) is 16.5. The van der Waals surface area contributed by atoms with Gasteiger partial charge < -0.3 is 15.5 Å². The zero-order valence-corrected chi connectivity index (χ0v) is 18.5. The van der Waals surface area contributed by atoms with Gasteiger partial charge >= 0.3 is 5.97 Å². The van der Waals surface area contributed by atoms with Gasteiger partial charge in [0.15, 0.2) is 0 Å². The van der Waals surface area contributed by atoms with Crippen molar-refractivity contribution in [3.63, 3.8) is 0 Å². The maximum Gasteiger partial charge on any atom is 0.338 e. The van der Waals surface area contributed by atoms with E-state index in [0.29, 0.717) is 24.4 Å². The van der Waals surface area contributed by atoms with Gasteiger partial charge in [-0.1, -0.05) is 36.4 Å². The van der Waals surface area contributed by atoms with E-state index in [0.717, 1.165) is 34.5 Å². The number of carbonyl (C=O) groups excluding carboxylic acids is 1. The molecule has 0 aliphatic carbocycles. The van der Waals surface area contributed by atoms with Crippen molar-refractivity contribution >= 4 is 17.4 Å². The highest BCUT2D eigenvalue weighted by Crippen LogP contribution is 2.25. The first-order valence-corrected chi connectivity index (χ1v) is 10.3. The van der Waals surface area contributed by atoms with Gasteiger partial charge in [-0.3, -0.25) is 4.90 Å². The smallest absolute Gasteiger partial charge is 0.338 e. The van der Waals surface area contributed by atoms with Gasteiger partial charge in [-0.15, -0.1) is 0 Å². The molecule has 1 fully saturated rings. The molecule has 30 heavy (non-hydrogen) atoms. The number of esters is 1. The van der Waals surface area contributed by atoms with Crippen LogP contribution in [0.4, 0.5) is 0 Å². The van der Waals surface area contributed by atoms with Crippen molar-refractivity contribution in [2.24, 2.45) is 0 Å². The lowest BCUT2D eigenvalue weighted by Gasteiger charge is -2.20. The Kier molecular flexibility index (Phi) is 6.42. The van der Waals surface area contributed by atoms with E-state index in [9.17, 15) is 4.79 Å². The molecule has 2 aromatic carbocycles. The van der Waals surface area contributed by atoms with Crippen molar-refractivity contribution in [2.75, 3.05) is 20.1 Å². The molecule has 0 unspecified atom stereocenters. The summed E-state index contributed by atoms with van der Waals surface area (Å²) >= 11 is 0. The monoisotopic (exact) mass is 405 g/mol. The van der Waals surface area contributed by atoms with Gasteiger partial charge in [0.1, 0.15) is 5.60 Å². The third kappa shape index (κ3) is 5.36. The Morgan fingerprint density at radius 3 is 2.50 bits per heavy atom. The molecule has 0 amide bonds. The Bertz CT molecular complexity index is 986. The van der Waals surface area contributed by atoms with E-state index in [1.807, 2.05) is 58.2 Å². The zero-order chi connectivity index (χ0) is 21.9. The molecule has 0 atom stereocenters. The molecule has 0 saturated carbocycles. The number of rotatable bonds is 5. The summed E-state index contributed by atoms with van der Waals surface area (Å²) in [6, 6.07) is 15.7. The highest BCUT2D eigenvalue weighted by atomic mass is 16.6. The Hall–Kier alpha value is -2.92. The van der Waals surface area contributed by atoms with Crippen molar-refractivity contribution in [1.29, 1.82) is 5.41 Å². The van der Waals surface area contributed by atoms with Crippen LogP contribution in [0.15, 0.2) is 54.1 Å². The van der Waals surface area contributed by atoms with Crippen LogP contribution in [0, 0.1) is 12.3 Å². The number of hydrogen-bond acceptors (Lipinski definition) is 5.